The largest absolute Gasteiger partial charge is 0.384 e. The first-order chi connectivity index (χ1) is 5.24. The molecule has 0 amide bonds. The topological polar surface area (TPSA) is 79.1 Å². The number of hydrogen-bond donors (Lipinski definition) is 2. The van der Waals surface area contributed by atoms with Gasteiger partial charge in [-0.25, -0.2) is 4.68 Å². The summed E-state index contributed by atoms with van der Waals surface area (Å²) in [6.45, 7) is 1.23. The molecule has 0 aliphatic rings. The Morgan fingerprint density at radius 1 is 1.64 bits per heavy atom. The van der Waals surface area contributed by atoms with E-state index in [-0.39, 0.29) is 0 Å². The van der Waals surface area contributed by atoms with Crippen molar-refractivity contribution in [3.63, 3.8) is 0 Å². The van der Waals surface area contributed by atoms with Gasteiger partial charge >= 0.3 is 0 Å². The number of rotatable bonds is 3. The van der Waals surface area contributed by atoms with Gasteiger partial charge in [0.2, 0.25) is 0 Å². The summed E-state index contributed by atoms with van der Waals surface area (Å²) in [5.74, 6) is 1.01. The fourth-order valence-corrected chi connectivity index (χ4v) is 0.809. The van der Waals surface area contributed by atoms with E-state index in [1.165, 1.54) is 0 Å². The lowest BCUT2D eigenvalue weighted by Gasteiger charge is -2.00. The molecule has 0 unspecified atom stereocenters. The smallest absolute Gasteiger partial charge is 0.147 e. The summed E-state index contributed by atoms with van der Waals surface area (Å²) in [7, 11) is 1.63. The van der Waals surface area contributed by atoms with Crippen molar-refractivity contribution in [3.8, 4) is 0 Å². The highest BCUT2D eigenvalue weighted by Gasteiger charge is 1.99. The number of ether oxygens (including phenoxy) is 1. The molecule has 0 radical (unpaired) electrons. The number of hydrogen-bond acceptors (Lipinski definition) is 4. The molecular weight excluding hydrogens is 144 g/mol. The minimum atomic E-state index is 0.443. The van der Waals surface area contributed by atoms with E-state index < -0.39 is 0 Å². The predicted molar refractivity (Wildman–Crippen MR) is 42.9 cm³/mol. The molecule has 0 fully saturated rings. The van der Waals surface area contributed by atoms with E-state index >= 15 is 0 Å². The Hall–Kier alpha value is -1.23. The molecule has 0 atom stereocenters. The molecule has 0 aliphatic heterocycles. The lowest BCUT2D eigenvalue weighted by molar-refractivity contribution is 0.184. The highest BCUT2D eigenvalue weighted by molar-refractivity contribution is 5.41. The van der Waals surface area contributed by atoms with Crippen LogP contribution >= 0.6 is 0 Å². The molecule has 1 heterocycles. The van der Waals surface area contributed by atoms with Crippen LogP contribution in [0.25, 0.3) is 0 Å². The van der Waals surface area contributed by atoms with Gasteiger partial charge in [-0.3, -0.25) is 0 Å². The Labute approximate surface area is 64.9 Å². The number of methoxy groups -OCH3 is 1. The van der Waals surface area contributed by atoms with Crippen molar-refractivity contribution >= 4 is 11.6 Å². The van der Waals surface area contributed by atoms with E-state index in [0.717, 1.165) is 0 Å². The monoisotopic (exact) mass is 156 g/mol. The van der Waals surface area contributed by atoms with Crippen LogP contribution in [0, 0.1) is 0 Å². The summed E-state index contributed by atoms with van der Waals surface area (Å²) < 4.78 is 6.46. The van der Waals surface area contributed by atoms with Crippen molar-refractivity contribution in [1.82, 2.24) is 9.78 Å². The normalized spacial score (nSPS) is 10.3. The van der Waals surface area contributed by atoms with Crippen LogP contribution in [0.3, 0.4) is 0 Å². The molecule has 0 spiro atoms. The van der Waals surface area contributed by atoms with E-state index in [2.05, 4.69) is 5.10 Å². The molecule has 5 heteroatoms. The van der Waals surface area contributed by atoms with Gasteiger partial charge in [-0.2, -0.15) is 5.10 Å². The van der Waals surface area contributed by atoms with E-state index in [9.17, 15) is 0 Å². The van der Waals surface area contributed by atoms with Crippen molar-refractivity contribution in [2.45, 2.75) is 6.54 Å². The molecule has 11 heavy (non-hydrogen) atoms. The Bertz CT molecular complexity index is 232. The van der Waals surface area contributed by atoms with Gasteiger partial charge in [0.1, 0.15) is 11.6 Å². The summed E-state index contributed by atoms with van der Waals surface area (Å²) in [5.41, 5.74) is 10.9. The third-order valence-electron chi connectivity index (χ3n) is 1.34. The first-order valence-corrected chi connectivity index (χ1v) is 3.32. The fourth-order valence-electron chi connectivity index (χ4n) is 0.809. The molecule has 1 aromatic heterocycles. The van der Waals surface area contributed by atoms with Gasteiger partial charge in [0, 0.05) is 13.2 Å². The highest BCUT2D eigenvalue weighted by atomic mass is 16.5. The van der Waals surface area contributed by atoms with Crippen molar-refractivity contribution in [2.75, 3.05) is 25.2 Å². The van der Waals surface area contributed by atoms with Crippen LogP contribution in [-0.4, -0.2) is 23.5 Å². The quantitative estimate of drug-likeness (QED) is 0.629. The van der Waals surface area contributed by atoms with Gasteiger partial charge in [-0.05, 0) is 0 Å². The van der Waals surface area contributed by atoms with E-state index in [1.54, 1.807) is 17.9 Å². The van der Waals surface area contributed by atoms with Gasteiger partial charge in [-0.15, -0.1) is 0 Å². The van der Waals surface area contributed by atoms with Gasteiger partial charge in [0.15, 0.2) is 0 Å². The zero-order valence-corrected chi connectivity index (χ0v) is 6.45. The van der Waals surface area contributed by atoms with E-state index in [0.29, 0.717) is 24.8 Å². The molecule has 0 bridgehead atoms. The maximum atomic E-state index is 5.55. The van der Waals surface area contributed by atoms with Crippen LogP contribution in [0.5, 0.6) is 0 Å². The standard InChI is InChI=1S/C6H12N4O/c1-11-3-2-10-6(8)4-5(7)9-10/h4H,2-3,8H2,1H3,(H2,7,9). The summed E-state index contributed by atoms with van der Waals surface area (Å²) in [6, 6.07) is 1.62. The number of nitrogens with two attached hydrogens (primary N) is 2. The Balaban J connectivity index is 2.62. The van der Waals surface area contributed by atoms with Crippen LogP contribution < -0.4 is 11.5 Å². The van der Waals surface area contributed by atoms with Crippen molar-refractivity contribution in [1.29, 1.82) is 0 Å². The zero-order chi connectivity index (χ0) is 8.27. The van der Waals surface area contributed by atoms with Crippen molar-refractivity contribution in [2.24, 2.45) is 0 Å². The molecule has 0 aliphatic carbocycles. The molecular formula is C6H12N4O. The molecule has 1 rings (SSSR count). The SMILES string of the molecule is COCCn1nc(N)cc1N. The molecule has 5 nitrogen and oxygen atoms in total. The van der Waals surface area contributed by atoms with Crippen molar-refractivity contribution in [3.05, 3.63) is 6.07 Å². The first-order valence-electron chi connectivity index (χ1n) is 3.32. The van der Waals surface area contributed by atoms with Gasteiger partial charge in [-0.1, -0.05) is 0 Å². The van der Waals surface area contributed by atoms with Gasteiger partial charge in [0.25, 0.3) is 0 Å². The molecule has 0 saturated carbocycles. The zero-order valence-electron chi connectivity index (χ0n) is 6.45. The second-order valence-electron chi connectivity index (χ2n) is 2.21. The number of anilines is 2. The maximum absolute atomic E-state index is 5.55. The number of nitrogen functional groups attached to an aromatic ring is 2. The third-order valence-corrected chi connectivity index (χ3v) is 1.34. The maximum Gasteiger partial charge on any atom is 0.147 e. The molecule has 0 saturated heterocycles. The Morgan fingerprint density at radius 3 is 2.82 bits per heavy atom. The molecule has 1 aromatic rings. The number of aromatic nitrogens is 2. The fraction of sp³-hybridized carbons (Fsp3) is 0.500. The van der Waals surface area contributed by atoms with E-state index in [1.807, 2.05) is 0 Å². The summed E-state index contributed by atoms with van der Waals surface area (Å²) in [4.78, 5) is 0. The van der Waals surface area contributed by atoms with Crippen LogP contribution in [0.2, 0.25) is 0 Å². The Kier molecular flexibility index (Phi) is 2.32. The van der Waals surface area contributed by atoms with Gasteiger partial charge < -0.3 is 16.2 Å². The predicted octanol–water partition coefficient (Wildman–Crippen LogP) is -0.306. The van der Waals surface area contributed by atoms with Crippen LogP contribution in [0.4, 0.5) is 11.6 Å². The Morgan fingerprint density at radius 2 is 2.36 bits per heavy atom. The molecule has 62 valence electrons. The van der Waals surface area contributed by atoms with Crippen LogP contribution in [0.15, 0.2) is 6.07 Å². The minimum absolute atomic E-state index is 0.443. The summed E-state index contributed by atoms with van der Waals surface area (Å²) in [6.07, 6.45) is 0. The molecule has 0 aromatic carbocycles. The highest BCUT2D eigenvalue weighted by Crippen LogP contribution is 2.06. The summed E-state index contributed by atoms with van der Waals surface area (Å²) >= 11 is 0. The lowest BCUT2D eigenvalue weighted by atomic mass is 10.6. The first kappa shape index (κ1) is 7.87. The number of nitrogens with zero attached hydrogens (tertiary/aromatic N) is 2. The van der Waals surface area contributed by atoms with E-state index in [4.69, 9.17) is 16.2 Å². The third kappa shape index (κ3) is 1.84. The average molecular weight is 156 g/mol. The van der Waals surface area contributed by atoms with Crippen LogP contribution in [-0.2, 0) is 11.3 Å². The van der Waals surface area contributed by atoms with Crippen molar-refractivity contribution < 1.29 is 4.74 Å². The van der Waals surface area contributed by atoms with Gasteiger partial charge in [0.05, 0.1) is 13.2 Å². The molecule has 4 N–H and O–H groups in total. The minimum Gasteiger partial charge on any atom is -0.384 e. The van der Waals surface area contributed by atoms with Crippen LogP contribution in [0.1, 0.15) is 0 Å². The average Bonchev–Trinajstić information content (AvgIpc) is 2.26. The second kappa shape index (κ2) is 3.25. The lowest BCUT2D eigenvalue weighted by Crippen LogP contribution is -2.08. The summed E-state index contributed by atoms with van der Waals surface area (Å²) in [5, 5.41) is 3.94. The second-order valence-corrected chi connectivity index (χ2v) is 2.21.